The number of aromatic nitrogens is 1. The number of aryl methyl sites for hydroxylation is 1. The SMILES string of the molecule is Cc1csc(CCNC(=O)COc2ccc(N)cc2)n1. The van der Waals surface area contributed by atoms with Crippen molar-refractivity contribution in [3.8, 4) is 5.75 Å². The molecule has 2 rings (SSSR count). The van der Waals surface area contributed by atoms with Crippen molar-refractivity contribution in [2.45, 2.75) is 13.3 Å². The Balaban J connectivity index is 1.66. The lowest BCUT2D eigenvalue weighted by atomic mass is 10.3. The standard InChI is InChI=1S/C14H17N3O2S/c1-10-9-20-14(17-10)6-7-16-13(18)8-19-12-4-2-11(15)3-5-12/h2-5,9H,6-8,15H2,1H3,(H,16,18). The van der Waals surface area contributed by atoms with Gasteiger partial charge in [-0.05, 0) is 31.2 Å². The van der Waals surface area contributed by atoms with Gasteiger partial charge in [0.1, 0.15) is 5.75 Å². The van der Waals surface area contributed by atoms with Crippen molar-refractivity contribution < 1.29 is 9.53 Å². The number of hydrogen-bond donors (Lipinski definition) is 2. The van der Waals surface area contributed by atoms with Gasteiger partial charge in [-0.2, -0.15) is 0 Å². The fourth-order valence-electron chi connectivity index (χ4n) is 1.59. The van der Waals surface area contributed by atoms with Crippen molar-refractivity contribution >= 4 is 22.9 Å². The van der Waals surface area contributed by atoms with E-state index in [4.69, 9.17) is 10.5 Å². The summed E-state index contributed by atoms with van der Waals surface area (Å²) in [5.41, 5.74) is 7.25. The number of nitrogens with two attached hydrogens (primary N) is 1. The average Bonchev–Trinajstić information content (AvgIpc) is 2.84. The average molecular weight is 291 g/mol. The van der Waals surface area contributed by atoms with Gasteiger partial charge in [-0.15, -0.1) is 11.3 Å². The lowest BCUT2D eigenvalue weighted by molar-refractivity contribution is -0.123. The molecule has 0 fully saturated rings. The van der Waals surface area contributed by atoms with Gasteiger partial charge in [0.2, 0.25) is 0 Å². The Morgan fingerprint density at radius 1 is 1.40 bits per heavy atom. The Hall–Kier alpha value is -2.08. The van der Waals surface area contributed by atoms with Crippen LogP contribution < -0.4 is 15.8 Å². The maximum Gasteiger partial charge on any atom is 0.257 e. The van der Waals surface area contributed by atoms with Crippen LogP contribution >= 0.6 is 11.3 Å². The van der Waals surface area contributed by atoms with E-state index in [2.05, 4.69) is 10.3 Å². The molecule has 106 valence electrons. The third-order valence-electron chi connectivity index (χ3n) is 2.58. The Labute approximate surface area is 121 Å². The third kappa shape index (κ3) is 4.55. The molecule has 3 N–H and O–H groups in total. The zero-order chi connectivity index (χ0) is 14.4. The van der Waals surface area contributed by atoms with Crippen LogP contribution in [0.25, 0.3) is 0 Å². The van der Waals surface area contributed by atoms with Crippen LogP contribution in [0.3, 0.4) is 0 Å². The first-order chi connectivity index (χ1) is 9.63. The topological polar surface area (TPSA) is 77.2 Å². The smallest absolute Gasteiger partial charge is 0.257 e. The molecule has 0 saturated heterocycles. The molecule has 0 radical (unpaired) electrons. The summed E-state index contributed by atoms with van der Waals surface area (Å²) in [6.07, 6.45) is 0.742. The molecule has 20 heavy (non-hydrogen) atoms. The molecule has 1 amide bonds. The molecule has 1 aromatic carbocycles. The Morgan fingerprint density at radius 2 is 2.15 bits per heavy atom. The molecule has 0 aliphatic heterocycles. The summed E-state index contributed by atoms with van der Waals surface area (Å²) in [4.78, 5) is 15.9. The number of ether oxygens (including phenoxy) is 1. The molecule has 1 aromatic heterocycles. The minimum absolute atomic E-state index is 0.000808. The van der Waals surface area contributed by atoms with E-state index in [9.17, 15) is 4.79 Å². The first-order valence-corrected chi connectivity index (χ1v) is 7.17. The van der Waals surface area contributed by atoms with Gasteiger partial charge in [0.25, 0.3) is 5.91 Å². The number of rotatable bonds is 6. The number of benzene rings is 1. The van der Waals surface area contributed by atoms with Gasteiger partial charge >= 0.3 is 0 Å². The van der Waals surface area contributed by atoms with Crippen molar-refractivity contribution in [1.82, 2.24) is 10.3 Å². The zero-order valence-electron chi connectivity index (χ0n) is 11.3. The molecule has 5 nitrogen and oxygen atoms in total. The number of nitrogen functional groups attached to an aromatic ring is 1. The van der Waals surface area contributed by atoms with Crippen LogP contribution in [-0.2, 0) is 11.2 Å². The molecular weight excluding hydrogens is 274 g/mol. The second-order valence-electron chi connectivity index (χ2n) is 4.34. The van der Waals surface area contributed by atoms with Crippen molar-refractivity contribution in [2.75, 3.05) is 18.9 Å². The van der Waals surface area contributed by atoms with Crippen LogP contribution in [-0.4, -0.2) is 24.0 Å². The lowest BCUT2D eigenvalue weighted by Crippen LogP contribution is -2.30. The molecule has 0 atom stereocenters. The van der Waals surface area contributed by atoms with Crippen LogP contribution in [0.15, 0.2) is 29.6 Å². The van der Waals surface area contributed by atoms with Crippen molar-refractivity contribution in [2.24, 2.45) is 0 Å². The maximum atomic E-state index is 11.6. The van der Waals surface area contributed by atoms with Gasteiger partial charge in [0.05, 0.1) is 5.01 Å². The number of carbonyl (C=O) groups is 1. The molecule has 0 spiro atoms. The van der Waals surface area contributed by atoms with E-state index < -0.39 is 0 Å². The van der Waals surface area contributed by atoms with E-state index in [1.807, 2.05) is 12.3 Å². The summed E-state index contributed by atoms with van der Waals surface area (Å²) >= 11 is 1.61. The predicted octanol–water partition coefficient (Wildman–Crippen LogP) is 1.77. The first kappa shape index (κ1) is 14.3. The fourth-order valence-corrected chi connectivity index (χ4v) is 2.37. The zero-order valence-corrected chi connectivity index (χ0v) is 12.1. The van der Waals surface area contributed by atoms with E-state index in [0.717, 1.165) is 17.1 Å². The Morgan fingerprint density at radius 3 is 2.80 bits per heavy atom. The quantitative estimate of drug-likeness (QED) is 0.795. The van der Waals surface area contributed by atoms with E-state index in [1.54, 1.807) is 35.6 Å². The van der Waals surface area contributed by atoms with Crippen LogP contribution in [0.4, 0.5) is 5.69 Å². The van der Waals surface area contributed by atoms with E-state index >= 15 is 0 Å². The van der Waals surface area contributed by atoms with Crippen LogP contribution in [0.1, 0.15) is 10.7 Å². The fraction of sp³-hybridized carbons (Fsp3) is 0.286. The Kier molecular flexibility index (Phi) is 4.95. The van der Waals surface area contributed by atoms with Gasteiger partial charge in [-0.1, -0.05) is 0 Å². The molecule has 0 saturated carbocycles. The molecule has 0 unspecified atom stereocenters. The summed E-state index contributed by atoms with van der Waals surface area (Å²) < 4.78 is 5.35. The highest BCUT2D eigenvalue weighted by atomic mass is 32.1. The number of hydrogen-bond acceptors (Lipinski definition) is 5. The monoisotopic (exact) mass is 291 g/mol. The minimum atomic E-state index is -0.143. The van der Waals surface area contributed by atoms with Crippen molar-refractivity contribution in [3.63, 3.8) is 0 Å². The third-order valence-corrected chi connectivity index (χ3v) is 3.60. The summed E-state index contributed by atoms with van der Waals surface area (Å²) in [6.45, 7) is 2.52. The number of anilines is 1. The number of nitrogens with zero attached hydrogens (tertiary/aromatic N) is 1. The maximum absolute atomic E-state index is 11.6. The summed E-state index contributed by atoms with van der Waals surface area (Å²) in [7, 11) is 0. The lowest BCUT2D eigenvalue weighted by Gasteiger charge is -2.07. The van der Waals surface area contributed by atoms with Crippen LogP contribution in [0.2, 0.25) is 0 Å². The minimum Gasteiger partial charge on any atom is -0.484 e. The first-order valence-electron chi connectivity index (χ1n) is 6.29. The number of nitrogens with one attached hydrogen (secondary N) is 1. The molecule has 1 heterocycles. The number of carbonyl (C=O) groups excluding carboxylic acids is 1. The van der Waals surface area contributed by atoms with Gasteiger partial charge in [-0.25, -0.2) is 4.98 Å². The van der Waals surface area contributed by atoms with E-state index in [0.29, 0.717) is 18.0 Å². The van der Waals surface area contributed by atoms with Gasteiger partial charge in [0, 0.05) is 29.7 Å². The summed E-state index contributed by atoms with van der Waals surface area (Å²) in [5, 5.41) is 5.83. The summed E-state index contributed by atoms with van der Waals surface area (Å²) in [6, 6.07) is 6.94. The van der Waals surface area contributed by atoms with Crippen LogP contribution in [0.5, 0.6) is 5.75 Å². The largest absolute Gasteiger partial charge is 0.484 e. The number of thiazole rings is 1. The van der Waals surface area contributed by atoms with E-state index in [-0.39, 0.29) is 12.5 Å². The molecular formula is C14H17N3O2S. The normalized spacial score (nSPS) is 10.2. The predicted molar refractivity (Wildman–Crippen MR) is 79.9 cm³/mol. The summed E-state index contributed by atoms with van der Waals surface area (Å²) in [5.74, 6) is 0.486. The highest BCUT2D eigenvalue weighted by molar-refractivity contribution is 7.09. The van der Waals surface area contributed by atoms with Crippen molar-refractivity contribution in [3.05, 3.63) is 40.3 Å². The van der Waals surface area contributed by atoms with Gasteiger partial charge in [0.15, 0.2) is 6.61 Å². The molecule has 2 aromatic rings. The van der Waals surface area contributed by atoms with Crippen LogP contribution in [0, 0.1) is 6.92 Å². The second-order valence-corrected chi connectivity index (χ2v) is 5.28. The highest BCUT2D eigenvalue weighted by Gasteiger charge is 2.04. The van der Waals surface area contributed by atoms with E-state index in [1.165, 1.54) is 0 Å². The molecule has 0 aliphatic rings. The molecule has 0 bridgehead atoms. The van der Waals surface area contributed by atoms with Gasteiger partial charge in [-0.3, -0.25) is 4.79 Å². The second kappa shape index (κ2) is 6.91. The Bertz CT molecular complexity index is 566. The molecule has 6 heteroatoms. The van der Waals surface area contributed by atoms with Crippen molar-refractivity contribution in [1.29, 1.82) is 0 Å². The highest BCUT2D eigenvalue weighted by Crippen LogP contribution is 2.12. The molecule has 0 aliphatic carbocycles. The number of amides is 1. The van der Waals surface area contributed by atoms with Gasteiger partial charge < -0.3 is 15.8 Å².